The molecule has 0 N–H and O–H groups in total. The van der Waals surface area contributed by atoms with E-state index in [0.717, 1.165) is 0 Å². The van der Waals surface area contributed by atoms with Crippen LogP contribution in [0, 0.1) is 5.92 Å². The van der Waals surface area contributed by atoms with Gasteiger partial charge in [-0.1, -0.05) is 39.5 Å². The van der Waals surface area contributed by atoms with Gasteiger partial charge in [-0.15, -0.1) is 0 Å². The normalized spacial score (nSPS) is 10.8. The summed E-state index contributed by atoms with van der Waals surface area (Å²) in [6.07, 6.45) is 7.94. The van der Waals surface area contributed by atoms with E-state index >= 15 is 0 Å². The fourth-order valence-corrected chi connectivity index (χ4v) is 1.82. The van der Waals surface area contributed by atoms with Crippen molar-refractivity contribution in [1.82, 2.24) is 0 Å². The van der Waals surface area contributed by atoms with Gasteiger partial charge in [0.1, 0.15) is 0 Å². The van der Waals surface area contributed by atoms with E-state index in [1.807, 2.05) is 0 Å². The molecule has 0 fully saturated rings. The highest BCUT2D eigenvalue weighted by Crippen LogP contribution is 2.20. The van der Waals surface area contributed by atoms with Gasteiger partial charge in [0.2, 0.25) is 10.5 Å². The van der Waals surface area contributed by atoms with E-state index in [1.165, 1.54) is 38.5 Å². The molecule has 0 saturated heterocycles. The molecule has 0 amide bonds. The largest absolute Gasteiger partial charge is 0.529 e. The number of hydrogen-bond donors (Lipinski definition) is 0. The van der Waals surface area contributed by atoms with Crippen LogP contribution in [0.15, 0.2) is 0 Å². The van der Waals surface area contributed by atoms with E-state index in [2.05, 4.69) is 13.8 Å². The zero-order valence-electron chi connectivity index (χ0n) is 9.84. The molecule has 84 valence electrons. The minimum Gasteiger partial charge on any atom is -0.529 e. The molecule has 0 aliphatic carbocycles. The van der Waals surface area contributed by atoms with Crippen molar-refractivity contribution >= 4 is 16.5 Å². The van der Waals surface area contributed by atoms with Crippen LogP contribution in [0.5, 0.6) is 0 Å². The summed E-state index contributed by atoms with van der Waals surface area (Å²) in [4.78, 5) is 11.2. The second kappa shape index (κ2) is 9.25. The van der Waals surface area contributed by atoms with Gasteiger partial charge in [0.15, 0.2) is 0 Å². The van der Waals surface area contributed by atoms with Crippen LogP contribution in [-0.4, -0.2) is 16.5 Å². The second-order valence-electron chi connectivity index (χ2n) is 3.93. The third kappa shape index (κ3) is 7.13. The average molecular weight is 216 g/mol. The fraction of sp³-hybridized carbons (Fsp3) is 0.909. The minimum absolute atomic E-state index is 0.00822. The molecule has 0 radical (unpaired) electrons. The lowest BCUT2D eigenvalue weighted by atomic mass is 9.93. The maximum absolute atomic E-state index is 11.2. The first kappa shape index (κ1) is 13.7. The Morgan fingerprint density at radius 3 is 2.07 bits per heavy atom. The first-order chi connectivity index (χ1) is 6.74. The van der Waals surface area contributed by atoms with E-state index in [4.69, 9.17) is 4.43 Å². The third-order valence-corrected chi connectivity index (χ3v) is 3.07. The molecule has 0 aliphatic rings. The number of unbranched alkanes of at least 4 members (excludes halogenated alkanes) is 2. The van der Waals surface area contributed by atoms with Crippen LogP contribution in [0.25, 0.3) is 0 Å². The molecule has 0 aromatic rings. The molecular weight excluding hydrogens is 192 g/mol. The highest BCUT2D eigenvalue weighted by molar-refractivity contribution is 6.05. The standard InChI is InChI=1S/C11H24O2Si/c1-3-5-7-10(8-6-4-2)9-11(12)13-14/h10H,3-9H2,1-2,14H3. The molecule has 3 heteroatoms. The Kier molecular flexibility index (Phi) is 9.04. The van der Waals surface area contributed by atoms with Crippen LogP contribution >= 0.6 is 0 Å². The molecule has 14 heavy (non-hydrogen) atoms. The first-order valence-corrected chi connectivity index (χ1v) is 6.63. The number of carbonyl (C=O) groups excluding carboxylic acids is 1. The van der Waals surface area contributed by atoms with Crippen molar-refractivity contribution in [1.29, 1.82) is 0 Å². The summed E-state index contributed by atoms with van der Waals surface area (Å²) in [6.45, 7) is 4.39. The zero-order chi connectivity index (χ0) is 10.8. The van der Waals surface area contributed by atoms with E-state index in [9.17, 15) is 4.79 Å². The van der Waals surface area contributed by atoms with E-state index in [-0.39, 0.29) is 5.97 Å². The highest BCUT2D eigenvalue weighted by Gasteiger charge is 2.12. The predicted octanol–water partition coefficient (Wildman–Crippen LogP) is 2.20. The quantitative estimate of drug-likeness (QED) is 0.581. The average Bonchev–Trinajstić information content (AvgIpc) is 2.21. The Hall–Kier alpha value is -0.313. The topological polar surface area (TPSA) is 26.3 Å². The Morgan fingerprint density at radius 2 is 1.71 bits per heavy atom. The van der Waals surface area contributed by atoms with Crippen LogP contribution in [0.1, 0.15) is 58.8 Å². The summed E-state index contributed by atoms with van der Waals surface area (Å²) >= 11 is 0. The van der Waals surface area contributed by atoms with Gasteiger partial charge in [-0.2, -0.15) is 0 Å². The summed E-state index contributed by atoms with van der Waals surface area (Å²) in [5.41, 5.74) is 0. The third-order valence-electron chi connectivity index (χ3n) is 2.61. The smallest absolute Gasteiger partial charge is 0.292 e. The molecule has 2 nitrogen and oxygen atoms in total. The van der Waals surface area contributed by atoms with Crippen LogP contribution in [0.3, 0.4) is 0 Å². The predicted molar refractivity (Wildman–Crippen MR) is 63.2 cm³/mol. The summed E-state index contributed by atoms with van der Waals surface area (Å²) in [6, 6.07) is 0. The van der Waals surface area contributed by atoms with Crippen LogP contribution in [0.2, 0.25) is 0 Å². The summed E-state index contributed by atoms with van der Waals surface area (Å²) in [5, 5.41) is 0. The molecule has 0 bridgehead atoms. The van der Waals surface area contributed by atoms with Gasteiger partial charge in [-0.05, 0) is 18.8 Å². The number of rotatable bonds is 8. The van der Waals surface area contributed by atoms with E-state index in [1.54, 1.807) is 0 Å². The first-order valence-electron chi connectivity index (χ1n) is 5.81. The van der Waals surface area contributed by atoms with Gasteiger partial charge in [-0.3, -0.25) is 4.79 Å². The van der Waals surface area contributed by atoms with Gasteiger partial charge in [0.25, 0.3) is 5.97 Å². The molecule has 0 unspecified atom stereocenters. The lowest BCUT2D eigenvalue weighted by molar-refractivity contribution is -0.135. The summed E-state index contributed by atoms with van der Waals surface area (Å²) in [5.74, 6) is 0.574. The van der Waals surface area contributed by atoms with Gasteiger partial charge in [0, 0.05) is 6.42 Å². The molecular formula is C11H24O2Si. The highest BCUT2D eigenvalue weighted by atomic mass is 28.2. The molecule has 0 aliphatic heterocycles. The molecule has 0 aromatic heterocycles. The fourth-order valence-electron chi connectivity index (χ4n) is 1.65. The Bertz CT molecular complexity index is 140. The van der Waals surface area contributed by atoms with Gasteiger partial charge in [-0.25, -0.2) is 0 Å². The van der Waals surface area contributed by atoms with Gasteiger partial charge < -0.3 is 4.43 Å². The zero-order valence-corrected chi connectivity index (χ0v) is 11.8. The van der Waals surface area contributed by atoms with Crippen molar-refractivity contribution in [2.45, 2.75) is 58.8 Å². The van der Waals surface area contributed by atoms with Crippen LogP contribution in [0.4, 0.5) is 0 Å². The Balaban J connectivity index is 3.77. The number of carbonyl (C=O) groups is 1. The maximum Gasteiger partial charge on any atom is 0.292 e. The van der Waals surface area contributed by atoms with Crippen molar-refractivity contribution in [3.8, 4) is 0 Å². The van der Waals surface area contributed by atoms with Crippen molar-refractivity contribution in [2.75, 3.05) is 0 Å². The molecule has 0 spiro atoms. The van der Waals surface area contributed by atoms with E-state index in [0.29, 0.717) is 22.8 Å². The van der Waals surface area contributed by atoms with Crippen molar-refractivity contribution in [3.05, 3.63) is 0 Å². The Labute approximate surface area is 91.0 Å². The van der Waals surface area contributed by atoms with Crippen molar-refractivity contribution in [2.24, 2.45) is 5.92 Å². The lowest BCUT2D eigenvalue weighted by Gasteiger charge is -2.14. The molecule has 0 rings (SSSR count). The van der Waals surface area contributed by atoms with Crippen molar-refractivity contribution < 1.29 is 9.22 Å². The monoisotopic (exact) mass is 216 g/mol. The Morgan fingerprint density at radius 1 is 1.21 bits per heavy atom. The van der Waals surface area contributed by atoms with Gasteiger partial charge in [0.05, 0.1) is 0 Å². The van der Waals surface area contributed by atoms with Gasteiger partial charge >= 0.3 is 0 Å². The molecule has 0 aromatic carbocycles. The molecule has 0 atom stereocenters. The summed E-state index contributed by atoms with van der Waals surface area (Å²) < 4.78 is 4.84. The van der Waals surface area contributed by atoms with Crippen LogP contribution < -0.4 is 0 Å². The van der Waals surface area contributed by atoms with E-state index < -0.39 is 0 Å². The minimum atomic E-state index is 0.00822. The molecule has 0 saturated carbocycles. The van der Waals surface area contributed by atoms with Crippen molar-refractivity contribution in [3.63, 3.8) is 0 Å². The molecule has 0 heterocycles. The SMILES string of the molecule is CCCCC(CCCC)CC(=O)O[SiH3]. The maximum atomic E-state index is 11.2. The van der Waals surface area contributed by atoms with Crippen LogP contribution in [-0.2, 0) is 9.22 Å². The lowest BCUT2D eigenvalue weighted by Crippen LogP contribution is -2.10. The summed E-state index contributed by atoms with van der Waals surface area (Å²) in [7, 11) is 0.539. The second-order valence-corrected chi connectivity index (χ2v) is 4.34. The number of hydrogen-bond acceptors (Lipinski definition) is 2.